The molecular formula is C16H11ClN2O. The molecule has 0 bridgehead atoms. The van der Waals surface area contributed by atoms with Gasteiger partial charge in [-0.15, -0.1) is 0 Å². The van der Waals surface area contributed by atoms with Crippen LogP contribution in [0.25, 0.3) is 22.2 Å². The molecule has 0 fully saturated rings. The van der Waals surface area contributed by atoms with Crippen molar-refractivity contribution in [3.63, 3.8) is 0 Å². The third kappa shape index (κ3) is 2.01. The molecule has 0 atom stereocenters. The van der Waals surface area contributed by atoms with Crippen LogP contribution in [0.3, 0.4) is 0 Å². The van der Waals surface area contributed by atoms with E-state index in [1.165, 1.54) is 0 Å². The number of halogens is 1. The number of aromatic amines is 1. The van der Waals surface area contributed by atoms with Crippen LogP contribution < -0.4 is 4.74 Å². The molecule has 3 aromatic rings. The van der Waals surface area contributed by atoms with E-state index < -0.39 is 0 Å². The highest BCUT2D eigenvalue weighted by Crippen LogP contribution is 2.32. The van der Waals surface area contributed by atoms with Gasteiger partial charge in [-0.1, -0.05) is 11.6 Å². The first-order valence-corrected chi connectivity index (χ1v) is 6.46. The second-order valence-corrected chi connectivity index (χ2v) is 4.84. The topological polar surface area (TPSA) is 48.8 Å². The number of hydrogen-bond donors (Lipinski definition) is 1. The van der Waals surface area contributed by atoms with Crippen molar-refractivity contribution in [3.8, 4) is 23.1 Å². The molecule has 3 nitrogen and oxygen atoms in total. The maximum Gasteiger partial charge on any atom is 0.118 e. The van der Waals surface area contributed by atoms with E-state index in [0.29, 0.717) is 10.6 Å². The number of aromatic nitrogens is 1. The molecule has 0 aliphatic rings. The number of nitrogens with zero attached hydrogens (tertiary/aromatic N) is 1. The standard InChI is InChI=1S/C16H11ClN2O/c1-20-12-5-2-10(3-6-12)16-14(9-18)13-8-11(17)4-7-15(13)19-16/h2-8,19H,1H3. The van der Waals surface area contributed by atoms with Gasteiger partial charge in [0.15, 0.2) is 0 Å². The Balaban J connectivity index is 2.22. The summed E-state index contributed by atoms with van der Waals surface area (Å²) in [6.45, 7) is 0. The predicted molar refractivity (Wildman–Crippen MR) is 80.0 cm³/mol. The fourth-order valence-electron chi connectivity index (χ4n) is 2.25. The third-order valence-corrected chi connectivity index (χ3v) is 3.49. The molecular weight excluding hydrogens is 272 g/mol. The van der Waals surface area contributed by atoms with Crippen molar-refractivity contribution in [2.24, 2.45) is 0 Å². The molecule has 0 aliphatic carbocycles. The van der Waals surface area contributed by atoms with Crippen LogP contribution in [0.2, 0.25) is 5.02 Å². The van der Waals surface area contributed by atoms with Crippen LogP contribution in [-0.2, 0) is 0 Å². The average Bonchev–Trinajstić information content (AvgIpc) is 2.85. The van der Waals surface area contributed by atoms with Crippen molar-refractivity contribution in [1.82, 2.24) is 4.98 Å². The van der Waals surface area contributed by atoms with Crippen LogP contribution in [0.1, 0.15) is 5.56 Å². The second-order valence-electron chi connectivity index (χ2n) is 4.41. The molecule has 0 amide bonds. The van der Waals surface area contributed by atoms with Crippen LogP contribution in [-0.4, -0.2) is 12.1 Å². The number of fused-ring (bicyclic) bond motifs is 1. The normalized spacial score (nSPS) is 10.4. The highest BCUT2D eigenvalue weighted by Gasteiger charge is 2.13. The number of nitriles is 1. The van der Waals surface area contributed by atoms with Crippen LogP contribution in [0, 0.1) is 11.3 Å². The average molecular weight is 283 g/mol. The van der Waals surface area contributed by atoms with Crippen molar-refractivity contribution in [2.45, 2.75) is 0 Å². The Labute approximate surface area is 121 Å². The molecule has 0 unspecified atom stereocenters. The lowest BCUT2D eigenvalue weighted by Crippen LogP contribution is -1.84. The number of ether oxygens (including phenoxy) is 1. The fourth-order valence-corrected chi connectivity index (χ4v) is 2.43. The molecule has 0 saturated heterocycles. The van der Waals surface area contributed by atoms with Crippen LogP contribution >= 0.6 is 11.6 Å². The largest absolute Gasteiger partial charge is 0.497 e. The molecule has 0 saturated carbocycles. The SMILES string of the molecule is COc1ccc(-c2[nH]c3ccc(Cl)cc3c2C#N)cc1. The summed E-state index contributed by atoms with van der Waals surface area (Å²) in [5, 5.41) is 10.9. The zero-order valence-corrected chi connectivity index (χ0v) is 11.5. The number of nitrogens with one attached hydrogen (secondary N) is 1. The van der Waals surface area contributed by atoms with Gasteiger partial charge in [0, 0.05) is 15.9 Å². The number of H-pyrrole nitrogens is 1. The van der Waals surface area contributed by atoms with Gasteiger partial charge in [-0.3, -0.25) is 0 Å². The van der Waals surface area contributed by atoms with E-state index >= 15 is 0 Å². The van der Waals surface area contributed by atoms with E-state index in [1.807, 2.05) is 30.3 Å². The monoisotopic (exact) mass is 282 g/mol. The first kappa shape index (κ1) is 12.6. The molecule has 0 radical (unpaired) electrons. The summed E-state index contributed by atoms with van der Waals surface area (Å²) in [5.41, 5.74) is 3.24. The van der Waals surface area contributed by atoms with Crippen molar-refractivity contribution >= 4 is 22.5 Å². The Bertz CT molecular complexity index is 813. The number of methoxy groups -OCH3 is 1. The van der Waals surface area contributed by atoms with Gasteiger partial charge in [0.05, 0.1) is 18.4 Å². The van der Waals surface area contributed by atoms with Gasteiger partial charge in [0.2, 0.25) is 0 Å². The summed E-state index contributed by atoms with van der Waals surface area (Å²) in [7, 11) is 1.63. The van der Waals surface area contributed by atoms with Gasteiger partial charge < -0.3 is 9.72 Å². The van der Waals surface area contributed by atoms with Crippen molar-refractivity contribution < 1.29 is 4.74 Å². The minimum atomic E-state index is 0.604. The zero-order valence-electron chi connectivity index (χ0n) is 10.8. The highest BCUT2D eigenvalue weighted by molar-refractivity contribution is 6.31. The predicted octanol–water partition coefficient (Wildman–Crippen LogP) is 4.37. The van der Waals surface area contributed by atoms with E-state index in [1.54, 1.807) is 19.2 Å². The molecule has 3 rings (SSSR count). The van der Waals surface area contributed by atoms with E-state index in [0.717, 1.165) is 27.9 Å². The first-order valence-electron chi connectivity index (χ1n) is 6.08. The number of rotatable bonds is 2. The van der Waals surface area contributed by atoms with E-state index in [4.69, 9.17) is 16.3 Å². The summed E-state index contributed by atoms with van der Waals surface area (Å²) in [4.78, 5) is 3.27. The van der Waals surface area contributed by atoms with Crippen LogP contribution in [0.15, 0.2) is 42.5 Å². The lowest BCUT2D eigenvalue weighted by molar-refractivity contribution is 0.415. The van der Waals surface area contributed by atoms with Gasteiger partial charge in [-0.05, 0) is 48.0 Å². The van der Waals surface area contributed by atoms with Gasteiger partial charge in [0.25, 0.3) is 0 Å². The third-order valence-electron chi connectivity index (χ3n) is 3.25. The minimum absolute atomic E-state index is 0.604. The van der Waals surface area contributed by atoms with Gasteiger partial charge >= 0.3 is 0 Å². The molecule has 1 heterocycles. The maximum atomic E-state index is 9.42. The van der Waals surface area contributed by atoms with Gasteiger partial charge in [-0.25, -0.2) is 0 Å². The molecule has 20 heavy (non-hydrogen) atoms. The molecule has 0 spiro atoms. The summed E-state index contributed by atoms with van der Waals surface area (Å²) in [5.74, 6) is 0.784. The lowest BCUT2D eigenvalue weighted by atomic mass is 10.1. The summed E-state index contributed by atoms with van der Waals surface area (Å²) < 4.78 is 5.14. The van der Waals surface area contributed by atoms with Gasteiger partial charge in [-0.2, -0.15) is 5.26 Å². The molecule has 98 valence electrons. The smallest absolute Gasteiger partial charge is 0.118 e. The minimum Gasteiger partial charge on any atom is -0.497 e. The van der Waals surface area contributed by atoms with Crippen LogP contribution in [0.4, 0.5) is 0 Å². The Hall–Kier alpha value is -2.44. The molecule has 1 N–H and O–H groups in total. The van der Waals surface area contributed by atoms with E-state index in [2.05, 4.69) is 11.1 Å². The lowest BCUT2D eigenvalue weighted by Gasteiger charge is -2.02. The van der Waals surface area contributed by atoms with Crippen LogP contribution in [0.5, 0.6) is 5.75 Å². The summed E-state index contributed by atoms with van der Waals surface area (Å²) in [6.07, 6.45) is 0. The van der Waals surface area contributed by atoms with E-state index in [-0.39, 0.29) is 0 Å². The molecule has 0 aliphatic heterocycles. The first-order chi connectivity index (χ1) is 9.72. The Kier molecular flexibility index (Phi) is 3.09. The summed E-state index contributed by atoms with van der Waals surface area (Å²) in [6, 6.07) is 15.3. The number of benzene rings is 2. The van der Waals surface area contributed by atoms with Crippen molar-refractivity contribution in [1.29, 1.82) is 5.26 Å². The fraction of sp³-hybridized carbons (Fsp3) is 0.0625. The van der Waals surface area contributed by atoms with Crippen molar-refractivity contribution in [2.75, 3.05) is 7.11 Å². The maximum absolute atomic E-state index is 9.42. The highest BCUT2D eigenvalue weighted by atomic mass is 35.5. The molecule has 1 aromatic heterocycles. The zero-order chi connectivity index (χ0) is 14.1. The van der Waals surface area contributed by atoms with Gasteiger partial charge in [0.1, 0.15) is 11.8 Å². The molecule has 2 aromatic carbocycles. The van der Waals surface area contributed by atoms with Crippen molar-refractivity contribution in [3.05, 3.63) is 53.1 Å². The second kappa shape index (κ2) is 4.92. The Morgan fingerprint density at radius 2 is 1.90 bits per heavy atom. The quantitative estimate of drug-likeness (QED) is 0.759. The Morgan fingerprint density at radius 3 is 2.55 bits per heavy atom. The Morgan fingerprint density at radius 1 is 1.15 bits per heavy atom. The van der Waals surface area contributed by atoms with E-state index in [9.17, 15) is 5.26 Å². The number of hydrogen-bond acceptors (Lipinski definition) is 2. The molecule has 4 heteroatoms. The summed E-state index contributed by atoms with van der Waals surface area (Å²) >= 11 is 6.00.